The van der Waals surface area contributed by atoms with Crippen molar-refractivity contribution in [2.45, 2.75) is 52.0 Å². The van der Waals surface area contributed by atoms with Gasteiger partial charge in [-0.15, -0.1) is 11.8 Å². The second kappa shape index (κ2) is 8.92. The Balaban J connectivity index is 1.61. The Labute approximate surface area is 149 Å². The first-order valence-electron chi connectivity index (χ1n) is 8.43. The summed E-state index contributed by atoms with van der Waals surface area (Å²) < 4.78 is 2.00. The van der Waals surface area contributed by atoms with Gasteiger partial charge in [0, 0.05) is 35.9 Å². The highest BCUT2D eigenvalue weighted by Gasteiger charge is 2.04. The summed E-state index contributed by atoms with van der Waals surface area (Å²) in [6.07, 6.45) is 1.45. The zero-order valence-electron chi connectivity index (χ0n) is 15.1. The number of aryl methyl sites for hydroxylation is 5. The number of carbonyl (C=O) groups is 1. The topological polar surface area (TPSA) is 46.9 Å². The molecule has 1 aromatic carbocycles. The fraction of sp³-hybridized carbons (Fsp3) is 0.474. The van der Waals surface area contributed by atoms with Crippen LogP contribution in [0, 0.1) is 27.7 Å². The van der Waals surface area contributed by atoms with Crippen LogP contribution in [0.15, 0.2) is 29.2 Å². The molecule has 0 aliphatic heterocycles. The Morgan fingerprint density at radius 3 is 2.62 bits per heavy atom. The molecule has 2 rings (SSSR count). The molecule has 130 valence electrons. The van der Waals surface area contributed by atoms with Crippen molar-refractivity contribution in [3.8, 4) is 0 Å². The molecule has 0 saturated carbocycles. The van der Waals surface area contributed by atoms with E-state index in [-0.39, 0.29) is 5.91 Å². The third-order valence-corrected chi connectivity index (χ3v) is 5.04. The van der Waals surface area contributed by atoms with E-state index in [4.69, 9.17) is 0 Å². The van der Waals surface area contributed by atoms with E-state index in [9.17, 15) is 4.79 Å². The van der Waals surface area contributed by atoms with Gasteiger partial charge in [0.25, 0.3) is 0 Å². The number of rotatable bonds is 8. The fourth-order valence-electron chi connectivity index (χ4n) is 2.51. The van der Waals surface area contributed by atoms with Gasteiger partial charge < -0.3 is 5.32 Å². The molecule has 0 aliphatic rings. The summed E-state index contributed by atoms with van der Waals surface area (Å²) in [5.74, 6) is 0.936. The monoisotopic (exact) mass is 345 g/mol. The van der Waals surface area contributed by atoms with Gasteiger partial charge in [-0.05, 0) is 63.4 Å². The summed E-state index contributed by atoms with van der Waals surface area (Å²) >= 11 is 1.74. The van der Waals surface area contributed by atoms with Crippen LogP contribution in [0.5, 0.6) is 0 Å². The quantitative estimate of drug-likeness (QED) is 0.585. The lowest BCUT2D eigenvalue weighted by Gasteiger charge is -2.07. The summed E-state index contributed by atoms with van der Waals surface area (Å²) in [7, 11) is 0. The van der Waals surface area contributed by atoms with Gasteiger partial charge in [-0.2, -0.15) is 5.10 Å². The van der Waals surface area contributed by atoms with Crippen molar-refractivity contribution in [3.05, 3.63) is 46.8 Å². The average Bonchev–Trinajstić information content (AvgIpc) is 2.85. The molecule has 0 bridgehead atoms. The Kier molecular flexibility index (Phi) is 6.91. The minimum Gasteiger partial charge on any atom is -0.356 e. The van der Waals surface area contributed by atoms with Gasteiger partial charge in [0.05, 0.1) is 5.69 Å². The van der Waals surface area contributed by atoms with E-state index in [1.54, 1.807) is 11.8 Å². The highest BCUT2D eigenvalue weighted by atomic mass is 32.2. The second-order valence-electron chi connectivity index (χ2n) is 6.20. The maximum absolute atomic E-state index is 11.9. The smallest absolute Gasteiger partial charge is 0.220 e. The molecule has 0 radical (unpaired) electrons. The molecule has 4 nitrogen and oxygen atoms in total. The Hall–Kier alpha value is -1.75. The molecule has 0 aliphatic carbocycles. The lowest BCUT2D eigenvalue weighted by Crippen LogP contribution is -2.25. The summed E-state index contributed by atoms with van der Waals surface area (Å²) in [5.41, 5.74) is 4.82. The van der Waals surface area contributed by atoms with E-state index < -0.39 is 0 Å². The largest absolute Gasteiger partial charge is 0.356 e. The van der Waals surface area contributed by atoms with E-state index in [2.05, 4.69) is 55.5 Å². The van der Waals surface area contributed by atoms with Gasteiger partial charge in [0.15, 0.2) is 0 Å². The Morgan fingerprint density at radius 1 is 1.17 bits per heavy atom. The molecule has 5 heteroatoms. The molecular formula is C19H27N3OS. The molecule has 1 aromatic heterocycles. The van der Waals surface area contributed by atoms with E-state index in [1.807, 2.05) is 11.6 Å². The van der Waals surface area contributed by atoms with Gasteiger partial charge in [0.1, 0.15) is 0 Å². The molecule has 1 amide bonds. The second-order valence-corrected chi connectivity index (χ2v) is 7.37. The zero-order valence-corrected chi connectivity index (χ0v) is 15.9. The van der Waals surface area contributed by atoms with Crippen LogP contribution in [0.3, 0.4) is 0 Å². The van der Waals surface area contributed by atoms with Gasteiger partial charge in [0.2, 0.25) is 5.91 Å². The maximum Gasteiger partial charge on any atom is 0.220 e. The van der Waals surface area contributed by atoms with Gasteiger partial charge >= 0.3 is 0 Å². The van der Waals surface area contributed by atoms with Crippen LogP contribution in [0.4, 0.5) is 0 Å². The van der Waals surface area contributed by atoms with Crippen molar-refractivity contribution in [1.29, 1.82) is 0 Å². The summed E-state index contributed by atoms with van der Waals surface area (Å²) in [4.78, 5) is 13.1. The highest BCUT2D eigenvalue weighted by molar-refractivity contribution is 7.99. The van der Waals surface area contributed by atoms with Crippen molar-refractivity contribution < 1.29 is 4.79 Å². The average molecular weight is 346 g/mol. The summed E-state index contributed by atoms with van der Waals surface area (Å²) in [5, 5.41) is 7.42. The van der Waals surface area contributed by atoms with E-state index in [1.165, 1.54) is 21.7 Å². The lowest BCUT2D eigenvalue weighted by atomic mass is 10.1. The molecule has 0 saturated heterocycles. The van der Waals surface area contributed by atoms with Gasteiger partial charge in [-0.1, -0.05) is 6.07 Å². The van der Waals surface area contributed by atoms with Crippen LogP contribution in [-0.4, -0.2) is 28.0 Å². The molecule has 0 fully saturated rings. The van der Waals surface area contributed by atoms with Crippen LogP contribution in [0.1, 0.15) is 35.4 Å². The van der Waals surface area contributed by atoms with Crippen molar-refractivity contribution in [2.75, 3.05) is 12.3 Å². The number of nitrogens with zero attached hydrogens (tertiary/aromatic N) is 2. The van der Waals surface area contributed by atoms with Crippen LogP contribution in [-0.2, 0) is 11.3 Å². The van der Waals surface area contributed by atoms with Crippen molar-refractivity contribution in [1.82, 2.24) is 15.1 Å². The van der Waals surface area contributed by atoms with E-state index in [0.717, 1.165) is 24.4 Å². The van der Waals surface area contributed by atoms with Crippen LogP contribution < -0.4 is 5.32 Å². The summed E-state index contributed by atoms with van der Waals surface area (Å²) in [6.45, 7) is 9.84. The third kappa shape index (κ3) is 5.71. The number of amides is 1. The van der Waals surface area contributed by atoms with Gasteiger partial charge in [-0.25, -0.2) is 0 Å². The predicted octanol–water partition coefficient (Wildman–Crippen LogP) is 3.81. The minimum absolute atomic E-state index is 0.125. The number of hydrogen-bond donors (Lipinski definition) is 1. The third-order valence-electron chi connectivity index (χ3n) is 4.05. The number of hydrogen-bond acceptors (Lipinski definition) is 3. The zero-order chi connectivity index (χ0) is 17.5. The van der Waals surface area contributed by atoms with Crippen molar-refractivity contribution in [3.63, 3.8) is 0 Å². The van der Waals surface area contributed by atoms with Crippen molar-refractivity contribution in [2.24, 2.45) is 0 Å². The molecule has 1 heterocycles. The number of aromatic nitrogens is 2. The van der Waals surface area contributed by atoms with E-state index in [0.29, 0.717) is 13.0 Å². The number of nitrogens with one attached hydrogen (secondary N) is 1. The maximum atomic E-state index is 11.9. The van der Waals surface area contributed by atoms with Gasteiger partial charge in [-0.3, -0.25) is 9.48 Å². The van der Waals surface area contributed by atoms with Crippen molar-refractivity contribution >= 4 is 17.7 Å². The molecule has 2 aromatic rings. The molecule has 0 atom stereocenters. The normalized spacial score (nSPS) is 10.8. The van der Waals surface area contributed by atoms with Crippen LogP contribution in [0.25, 0.3) is 0 Å². The molecule has 0 unspecified atom stereocenters. The molecule has 1 N–H and O–H groups in total. The first kappa shape index (κ1) is 18.6. The molecule has 0 spiro atoms. The molecular weight excluding hydrogens is 318 g/mol. The lowest BCUT2D eigenvalue weighted by molar-refractivity contribution is -0.120. The SMILES string of the molecule is Cc1cc(C)n(CCCNC(=O)CCSc2ccc(C)c(C)c2)n1. The van der Waals surface area contributed by atoms with Crippen LogP contribution >= 0.6 is 11.8 Å². The first-order chi connectivity index (χ1) is 11.5. The van der Waals surface area contributed by atoms with E-state index >= 15 is 0 Å². The van der Waals surface area contributed by atoms with Crippen LogP contribution in [0.2, 0.25) is 0 Å². The number of carbonyl (C=O) groups excluding carboxylic acids is 1. The minimum atomic E-state index is 0.125. The fourth-order valence-corrected chi connectivity index (χ4v) is 3.46. The summed E-state index contributed by atoms with van der Waals surface area (Å²) in [6, 6.07) is 8.52. The molecule has 24 heavy (non-hydrogen) atoms. The number of benzene rings is 1. The highest BCUT2D eigenvalue weighted by Crippen LogP contribution is 2.21. The first-order valence-corrected chi connectivity index (χ1v) is 9.42. The number of thioether (sulfide) groups is 1. The predicted molar refractivity (Wildman–Crippen MR) is 101 cm³/mol. The Morgan fingerprint density at radius 2 is 1.96 bits per heavy atom. The standard InChI is InChI=1S/C19H27N3OS/c1-14-6-7-18(12-15(14)2)24-11-8-19(23)20-9-5-10-22-17(4)13-16(3)21-22/h6-7,12-13H,5,8-11H2,1-4H3,(H,20,23). The Bertz CT molecular complexity index is 694.